The summed E-state index contributed by atoms with van der Waals surface area (Å²) in [4.78, 5) is 47.1. The fraction of sp³-hybridized carbons (Fsp3) is 0.227. The highest BCUT2D eigenvalue weighted by Gasteiger charge is 2.34. The van der Waals surface area contributed by atoms with Crippen molar-refractivity contribution >= 4 is 57.7 Å². The molecule has 3 amide bonds. The molecule has 3 aromatic rings. The molecular weight excluding hydrogens is 446 g/mol. The molecule has 164 valence electrons. The van der Waals surface area contributed by atoms with Crippen LogP contribution in [-0.2, 0) is 16.1 Å². The fourth-order valence-corrected chi connectivity index (χ4v) is 5.04. The van der Waals surface area contributed by atoms with Crippen LogP contribution < -0.4 is 5.32 Å². The molecule has 0 radical (unpaired) electrons. The quantitative estimate of drug-likeness (QED) is 0.401. The van der Waals surface area contributed by atoms with Crippen molar-refractivity contribution in [3.63, 3.8) is 0 Å². The number of thioether (sulfide) groups is 2. The van der Waals surface area contributed by atoms with Crippen molar-refractivity contribution in [2.75, 3.05) is 18.8 Å². The minimum Gasteiger partial charge on any atom is -0.354 e. The van der Waals surface area contributed by atoms with Gasteiger partial charge in [-0.1, -0.05) is 30.0 Å². The molecule has 1 aliphatic rings. The van der Waals surface area contributed by atoms with Gasteiger partial charge in [0.1, 0.15) is 0 Å². The van der Waals surface area contributed by atoms with Gasteiger partial charge in [-0.05, 0) is 48.5 Å². The van der Waals surface area contributed by atoms with Crippen LogP contribution in [0.25, 0.3) is 17.1 Å². The lowest BCUT2D eigenvalue weighted by Crippen LogP contribution is -2.37. The maximum absolute atomic E-state index is 12.5. The second kappa shape index (κ2) is 10.0. The third-order valence-electron chi connectivity index (χ3n) is 4.78. The van der Waals surface area contributed by atoms with Crippen molar-refractivity contribution in [2.45, 2.75) is 18.6 Å². The average molecular weight is 468 g/mol. The predicted octanol–water partition coefficient (Wildman–Crippen LogP) is 3.40. The molecule has 3 heterocycles. The first-order valence-electron chi connectivity index (χ1n) is 10.1. The summed E-state index contributed by atoms with van der Waals surface area (Å²) < 4.78 is 2.07. The number of imide groups is 1. The molecule has 1 aromatic carbocycles. The Labute approximate surface area is 193 Å². The molecule has 0 bridgehead atoms. The average Bonchev–Trinajstić information content (AvgIpc) is 3.29. The van der Waals surface area contributed by atoms with Crippen molar-refractivity contribution in [3.05, 3.63) is 59.3 Å². The van der Waals surface area contributed by atoms with Gasteiger partial charge in [0.05, 0.1) is 21.7 Å². The van der Waals surface area contributed by atoms with Crippen molar-refractivity contribution in [2.24, 2.45) is 0 Å². The Balaban J connectivity index is 1.28. The molecular formula is C22H21N5O3S2. The summed E-state index contributed by atoms with van der Waals surface area (Å²) in [7, 11) is 0. The zero-order chi connectivity index (χ0) is 22.5. The largest absolute Gasteiger partial charge is 0.354 e. The van der Waals surface area contributed by atoms with Crippen LogP contribution >= 0.6 is 23.5 Å². The van der Waals surface area contributed by atoms with Crippen LogP contribution in [0.15, 0.2) is 58.9 Å². The number of para-hydroxylation sites is 2. The molecule has 2 aromatic heterocycles. The van der Waals surface area contributed by atoms with E-state index in [-0.39, 0.29) is 35.9 Å². The number of carbonyl (C=O) groups is 3. The number of nitrogens with one attached hydrogen (secondary N) is 1. The summed E-state index contributed by atoms with van der Waals surface area (Å²) in [6, 6.07) is 11.4. The number of pyridine rings is 1. The predicted molar refractivity (Wildman–Crippen MR) is 126 cm³/mol. The zero-order valence-corrected chi connectivity index (χ0v) is 19.0. The van der Waals surface area contributed by atoms with E-state index in [1.165, 1.54) is 11.8 Å². The molecule has 0 unspecified atom stereocenters. The lowest BCUT2D eigenvalue weighted by atomic mass is 10.2. The summed E-state index contributed by atoms with van der Waals surface area (Å²) in [6.07, 6.45) is 4.91. The highest BCUT2D eigenvalue weighted by atomic mass is 32.2. The van der Waals surface area contributed by atoms with Gasteiger partial charge in [0.15, 0.2) is 5.16 Å². The first-order valence-corrected chi connectivity index (χ1v) is 11.9. The van der Waals surface area contributed by atoms with Gasteiger partial charge in [-0.25, -0.2) is 4.98 Å². The van der Waals surface area contributed by atoms with Crippen molar-refractivity contribution < 1.29 is 14.4 Å². The monoisotopic (exact) mass is 467 g/mol. The number of aromatic nitrogens is 3. The van der Waals surface area contributed by atoms with E-state index < -0.39 is 0 Å². The molecule has 1 N–H and O–H groups in total. The number of nitrogens with zero attached hydrogens (tertiary/aromatic N) is 4. The van der Waals surface area contributed by atoms with Gasteiger partial charge in [0, 0.05) is 32.0 Å². The van der Waals surface area contributed by atoms with Crippen LogP contribution in [-0.4, -0.2) is 55.3 Å². The van der Waals surface area contributed by atoms with Gasteiger partial charge >= 0.3 is 0 Å². The first kappa shape index (κ1) is 22.1. The minimum atomic E-state index is -0.357. The van der Waals surface area contributed by atoms with Crippen molar-refractivity contribution in [1.82, 2.24) is 24.8 Å². The van der Waals surface area contributed by atoms with Crippen molar-refractivity contribution in [3.8, 4) is 0 Å². The van der Waals surface area contributed by atoms with Crippen LogP contribution in [0, 0.1) is 0 Å². The highest BCUT2D eigenvalue weighted by Crippen LogP contribution is 2.31. The Bertz CT molecular complexity index is 1190. The summed E-state index contributed by atoms with van der Waals surface area (Å²) in [5.41, 5.74) is 2.69. The molecule has 1 fully saturated rings. The van der Waals surface area contributed by atoms with Crippen LogP contribution in [0.1, 0.15) is 12.5 Å². The number of rotatable bonds is 8. The molecule has 10 heteroatoms. The summed E-state index contributed by atoms with van der Waals surface area (Å²) in [5, 5.41) is 3.22. The first-order chi connectivity index (χ1) is 15.6. The van der Waals surface area contributed by atoms with E-state index in [1.807, 2.05) is 37.3 Å². The van der Waals surface area contributed by atoms with Crippen LogP contribution in [0.2, 0.25) is 0 Å². The second-order valence-electron chi connectivity index (χ2n) is 6.89. The lowest BCUT2D eigenvalue weighted by Gasteiger charge is -2.13. The van der Waals surface area contributed by atoms with E-state index in [0.29, 0.717) is 4.91 Å². The van der Waals surface area contributed by atoms with E-state index >= 15 is 0 Å². The normalized spacial score (nSPS) is 15.2. The van der Waals surface area contributed by atoms with E-state index in [2.05, 4.69) is 19.9 Å². The number of aryl methyl sites for hydroxylation is 1. The number of hydrogen-bond acceptors (Lipinski definition) is 7. The Morgan fingerprint density at radius 1 is 1.22 bits per heavy atom. The molecule has 32 heavy (non-hydrogen) atoms. The molecule has 0 saturated carbocycles. The SMILES string of the molecule is CCn1c(SCC(=O)NCCN2C(=O)S/C(=C\c3cccnc3)C2=O)nc2ccccc21. The van der Waals surface area contributed by atoms with Crippen LogP contribution in [0.4, 0.5) is 4.79 Å². The molecule has 8 nitrogen and oxygen atoms in total. The number of benzene rings is 1. The van der Waals surface area contributed by atoms with Crippen LogP contribution in [0.3, 0.4) is 0 Å². The second-order valence-corrected chi connectivity index (χ2v) is 8.82. The minimum absolute atomic E-state index is 0.124. The summed E-state index contributed by atoms with van der Waals surface area (Å²) >= 11 is 2.26. The Morgan fingerprint density at radius 3 is 2.84 bits per heavy atom. The van der Waals surface area contributed by atoms with E-state index in [9.17, 15) is 14.4 Å². The third-order valence-corrected chi connectivity index (χ3v) is 6.67. The summed E-state index contributed by atoms with van der Waals surface area (Å²) in [5.74, 6) is -0.335. The van der Waals surface area contributed by atoms with Gasteiger partial charge < -0.3 is 9.88 Å². The number of amides is 3. The van der Waals surface area contributed by atoms with Crippen molar-refractivity contribution in [1.29, 1.82) is 0 Å². The Hall–Kier alpha value is -3.11. The maximum Gasteiger partial charge on any atom is 0.293 e. The standard InChI is InChI=1S/C22H21N5O3S2/c1-2-26-17-8-4-3-7-16(17)25-21(26)31-14-19(28)24-10-11-27-20(29)18(32-22(27)30)12-15-6-5-9-23-13-15/h3-9,12-13H,2,10-11,14H2,1H3,(H,24,28)/b18-12-. The molecule has 1 saturated heterocycles. The molecule has 0 atom stereocenters. The Kier molecular flexibility index (Phi) is 6.91. The van der Waals surface area contributed by atoms with Gasteiger partial charge in [0.2, 0.25) is 5.91 Å². The number of fused-ring (bicyclic) bond motifs is 1. The van der Waals surface area contributed by atoms with Crippen LogP contribution in [0.5, 0.6) is 0 Å². The fourth-order valence-electron chi connectivity index (χ4n) is 3.26. The van der Waals surface area contributed by atoms with Gasteiger partial charge in [-0.2, -0.15) is 0 Å². The van der Waals surface area contributed by atoms with E-state index in [1.54, 1.807) is 24.5 Å². The topological polar surface area (TPSA) is 97.2 Å². The molecule has 1 aliphatic heterocycles. The highest BCUT2D eigenvalue weighted by molar-refractivity contribution is 8.18. The smallest absolute Gasteiger partial charge is 0.293 e. The van der Waals surface area contributed by atoms with E-state index in [0.717, 1.165) is 45.0 Å². The zero-order valence-electron chi connectivity index (χ0n) is 17.4. The van der Waals surface area contributed by atoms with Gasteiger partial charge in [-0.15, -0.1) is 0 Å². The molecule has 0 aliphatic carbocycles. The Morgan fingerprint density at radius 2 is 2.06 bits per heavy atom. The molecule has 4 rings (SSSR count). The lowest BCUT2D eigenvalue weighted by molar-refractivity contribution is -0.123. The summed E-state index contributed by atoms with van der Waals surface area (Å²) in [6.45, 7) is 3.12. The molecule has 0 spiro atoms. The number of hydrogen-bond donors (Lipinski definition) is 1. The van der Waals surface area contributed by atoms with E-state index in [4.69, 9.17) is 0 Å². The third kappa shape index (κ3) is 4.86. The van der Waals surface area contributed by atoms with Gasteiger partial charge in [0.25, 0.3) is 11.1 Å². The van der Waals surface area contributed by atoms with Gasteiger partial charge in [-0.3, -0.25) is 24.3 Å². The number of carbonyl (C=O) groups excluding carboxylic acids is 3. The maximum atomic E-state index is 12.5. The number of imidazole rings is 1.